The van der Waals surface area contributed by atoms with Crippen LogP contribution < -0.4 is 16.2 Å². The Balaban J connectivity index is 1.78. The van der Waals surface area contributed by atoms with Gasteiger partial charge in [-0.05, 0) is 38.4 Å². The minimum Gasteiger partial charge on any atom is -0.353 e. The summed E-state index contributed by atoms with van der Waals surface area (Å²) in [5, 5.41) is 3.22. The molecule has 10 heteroatoms. The van der Waals surface area contributed by atoms with Crippen molar-refractivity contribution in [1.29, 1.82) is 0 Å². The lowest BCUT2D eigenvalue weighted by atomic mass is 10.1. The summed E-state index contributed by atoms with van der Waals surface area (Å²) in [6, 6.07) is 17.3. The monoisotopic (exact) mass is 428 g/mol. The van der Waals surface area contributed by atoms with Crippen molar-refractivity contribution in [3.63, 3.8) is 0 Å². The van der Waals surface area contributed by atoms with Crippen molar-refractivity contribution in [3.8, 4) is 11.3 Å². The molecule has 30 heavy (non-hydrogen) atoms. The second kappa shape index (κ2) is 9.53. The van der Waals surface area contributed by atoms with Gasteiger partial charge in [0.1, 0.15) is 0 Å². The van der Waals surface area contributed by atoms with Gasteiger partial charge < -0.3 is 10.2 Å². The van der Waals surface area contributed by atoms with Crippen LogP contribution in [0.25, 0.3) is 11.3 Å². The van der Waals surface area contributed by atoms with E-state index in [0.29, 0.717) is 24.0 Å². The third-order valence-electron chi connectivity index (χ3n) is 4.12. The number of hydrogen-bond donors (Lipinski definition) is 4. The van der Waals surface area contributed by atoms with Crippen molar-refractivity contribution >= 4 is 27.6 Å². The fraction of sp³-hybridized carbons (Fsp3) is 0.200. The molecule has 3 aromatic rings. The molecular formula is C20H24N6O3S. The van der Waals surface area contributed by atoms with E-state index in [1.165, 1.54) is 24.3 Å². The van der Waals surface area contributed by atoms with Crippen molar-refractivity contribution in [2.75, 3.05) is 43.4 Å². The second-order valence-corrected chi connectivity index (χ2v) is 8.23. The molecular weight excluding hydrogens is 404 g/mol. The molecule has 1 aromatic heterocycles. The van der Waals surface area contributed by atoms with Gasteiger partial charge in [-0.1, -0.05) is 30.3 Å². The second-order valence-electron chi connectivity index (χ2n) is 6.81. The van der Waals surface area contributed by atoms with E-state index in [1.54, 1.807) is 0 Å². The van der Waals surface area contributed by atoms with Gasteiger partial charge >= 0.3 is 0 Å². The lowest BCUT2D eigenvalue weighted by molar-refractivity contribution is 0.425. The molecule has 0 spiro atoms. The molecule has 0 aliphatic carbocycles. The summed E-state index contributed by atoms with van der Waals surface area (Å²) in [6.07, 6.45) is 0. The van der Waals surface area contributed by atoms with Crippen LogP contribution in [-0.4, -0.2) is 55.0 Å². The van der Waals surface area contributed by atoms with Gasteiger partial charge in [0.05, 0.1) is 16.3 Å². The highest BCUT2D eigenvalue weighted by Gasteiger charge is 2.09. The van der Waals surface area contributed by atoms with Gasteiger partial charge in [-0.2, -0.15) is 13.4 Å². The smallest absolute Gasteiger partial charge is 0.294 e. The van der Waals surface area contributed by atoms with E-state index in [9.17, 15) is 8.42 Å². The largest absolute Gasteiger partial charge is 0.353 e. The minimum absolute atomic E-state index is 0.172. The topological polar surface area (TPSA) is 119 Å². The van der Waals surface area contributed by atoms with Crippen molar-refractivity contribution in [2.24, 2.45) is 0 Å². The van der Waals surface area contributed by atoms with Crippen molar-refractivity contribution in [1.82, 2.24) is 14.9 Å². The lowest BCUT2D eigenvalue weighted by Gasteiger charge is -2.14. The van der Waals surface area contributed by atoms with E-state index < -0.39 is 10.1 Å². The van der Waals surface area contributed by atoms with E-state index in [2.05, 4.69) is 31.0 Å². The quantitative estimate of drug-likeness (QED) is 0.301. The maximum absolute atomic E-state index is 11.2. The summed E-state index contributed by atoms with van der Waals surface area (Å²) in [5.74, 6) is 1.03. The zero-order valence-corrected chi connectivity index (χ0v) is 17.5. The Kier molecular flexibility index (Phi) is 6.83. The van der Waals surface area contributed by atoms with Crippen LogP contribution in [0, 0.1) is 0 Å². The Morgan fingerprint density at radius 1 is 0.967 bits per heavy atom. The Morgan fingerprint density at radius 3 is 2.30 bits per heavy atom. The molecule has 158 valence electrons. The van der Waals surface area contributed by atoms with Crippen LogP contribution in [0.3, 0.4) is 0 Å². The van der Waals surface area contributed by atoms with Crippen LogP contribution in [0.2, 0.25) is 0 Å². The van der Waals surface area contributed by atoms with Crippen LogP contribution in [0.1, 0.15) is 0 Å². The molecule has 2 aromatic carbocycles. The van der Waals surface area contributed by atoms with E-state index >= 15 is 0 Å². The average Bonchev–Trinajstić information content (AvgIpc) is 2.72. The van der Waals surface area contributed by atoms with Crippen LogP contribution in [0.5, 0.6) is 0 Å². The zero-order valence-electron chi connectivity index (χ0n) is 16.7. The molecule has 4 N–H and O–H groups in total. The van der Waals surface area contributed by atoms with E-state index in [0.717, 1.165) is 17.8 Å². The number of hydrazine groups is 1. The summed E-state index contributed by atoms with van der Waals surface area (Å²) >= 11 is 0. The van der Waals surface area contributed by atoms with Gasteiger partial charge in [0.2, 0.25) is 5.95 Å². The molecule has 0 aliphatic heterocycles. The first kappa shape index (κ1) is 21.5. The maximum atomic E-state index is 11.2. The Labute approximate surface area is 175 Å². The third-order valence-corrected chi connectivity index (χ3v) is 4.99. The average molecular weight is 429 g/mol. The summed E-state index contributed by atoms with van der Waals surface area (Å²) < 4.78 is 31.4. The van der Waals surface area contributed by atoms with Gasteiger partial charge in [0.25, 0.3) is 10.1 Å². The molecule has 1 heterocycles. The molecule has 0 aliphatic rings. The number of aromatic nitrogens is 2. The van der Waals surface area contributed by atoms with Crippen molar-refractivity contribution < 1.29 is 13.0 Å². The number of rotatable bonds is 9. The number of anilines is 3. The number of nitrogens with zero attached hydrogens (tertiary/aromatic N) is 3. The molecule has 0 amide bonds. The standard InChI is InChI=1S/C20H24N6O3S/c1-26(2)13-12-21-20-22-18(15-6-4-3-5-7-15)14-19(23-20)25-24-16-8-10-17(11-9-16)30(27,28)29/h3-11,14,24H,12-13H2,1-2H3,(H,27,28,29)(H2,21,22,23,25). The van der Waals surface area contributed by atoms with Crippen molar-refractivity contribution in [3.05, 3.63) is 60.7 Å². The molecule has 0 saturated carbocycles. The SMILES string of the molecule is CN(C)CCNc1nc(NNc2ccc(S(=O)(=O)O)cc2)cc(-c2ccccc2)n1. The molecule has 0 bridgehead atoms. The highest BCUT2D eigenvalue weighted by Crippen LogP contribution is 2.22. The molecule has 0 saturated heterocycles. The summed E-state index contributed by atoms with van der Waals surface area (Å²) in [7, 11) is -0.238. The predicted molar refractivity (Wildman–Crippen MR) is 118 cm³/mol. The van der Waals surface area contributed by atoms with Crippen LogP contribution in [0.15, 0.2) is 65.6 Å². The molecule has 0 unspecified atom stereocenters. The fourth-order valence-electron chi connectivity index (χ4n) is 2.58. The Hall–Kier alpha value is -3.21. The number of likely N-dealkylation sites (N-methyl/N-ethyl adjacent to an activating group) is 1. The van der Waals surface area contributed by atoms with Gasteiger partial charge in [0, 0.05) is 24.7 Å². The predicted octanol–water partition coefficient (Wildman–Crippen LogP) is 2.80. The highest BCUT2D eigenvalue weighted by molar-refractivity contribution is 7.85. The number of nitrogens with one attached hydrogen (secondary N) is 3. The van der Waals surface area contributed by atoms with Gasteiger partial charge in [-0.15, -0.1) is 0 Å². The van der Waals surface area contributed by atoms with Crippen LogP contribution in [0.4, 0.5) is 17.5 Å². The molecule has 0 radical (unpaired) electrons. The maximum Gasteiger partial charge on any atom is 0.294 e. The number of hydrogen-bond acceptors (Lipinski definition) is 8. The first-order chi connectivity index (χ1) is 14.3. The van der Waals surface area contributed by atoms with Crippen LogP contribution >= 0.6 is 0 Å². The lowest BCUT2D eigenvalue weighted by Crippen LogP contribution is -2.22. The van der Waals surface area contributed by atoms with E-state index in [1.807, 2.05) is 50.5 Å². The van der Waals surface area contributed by atoms with Gasteiger partial charge in [-0.25, -0.2) is 4.98 Å². The summed E-state index contributed by atoms with van der Waals surface area (Å²) in [5.41, 5.74) is 8.28. The van der Waals surface area contributed by atoms with Gasteiger partial charge in [0.15, 0.2) is 5.82 Å². The summed E-state index contributed by atoms with van der Waals surface area (Å²) in [4.78, 5) is 11.0. The first-order valence-electron chi connectivity index (χ1n) is 9.24. The molecule has 0 atom stereocenters. The van der Waals surface area contributed by atoms with Crippen LogP contribution in [-0.2, 0) is 10.1 Å². The first-order valence-corrected chi connectivity index (χ1v) is 10.7. The third kappa shape index (κ3) is 6.14. The van der Waals surface area contributed by atoms with E-state index in [4.69, 9.17) is 4.55 Å². The normalized spacial score (nSPS) is 11.3. The highest BCUT2D eigenvalue weighted by atomic mass is 32.2. The van der Waals surface area contributed by atoms with Crippen molar-refractivity contribution in [2.45, 2.75) is 4.90 Å². The zero-order chi connectivity index (χ0) is 21.6. The number of benzene rings is 2. The molecule has 9 nitrogen and oxygen atoms in total. The summed E-state index contributed by atoms with van der Waals surface area (Å²) in [6.45, 7) is 1.52. The minimum atomic E-state index is -4.22. The Bertz CT molecular complexity index is 1070. The fourth-order valence-corrected chi connectivity index (χ4v) is 3.06. The molecule has 0 fully saturated rings. The van der Waals surface area contributed by atoms with Gasteiger partial charge in [-0.3, -0.25) is 15.4 Å². The molecule has 3 rings (SSSR count). The van der Waals surface area contributed by atoms with E-state index in [-0.39, 0.29) is 4.90 Å². The Morgan fingerprint density at radius 2 is 1.67 bits per heavy atom.